The second-order valence-corrected chi connectivity index (χ2v) is 13.6. The van der Waals surface area contributed by atoms with E-state index in [0.717, 1.165) is 38.0 Å². The molecule has 2 aliphatic rings. The summed E-state index contributed by atoms with van der Waals surface area (Å²) in [4.78, 5) is 37.1. The van der Waals surface area contributed by atoms with Gasteiger partial charge in [0.25, 0.3) is 5.91 Å². The van der Waals surface area contributed by atoms with Gasteiger partial charge in [-0.3, -0.25) is 24.4 Å². The van der Waals surface area contributed by atoms with E-state index in [0.29, 0.717) is 68.4 Å². The van der Waals surface area contributed by atoms with Crippen molar-refractivity contribution in [1.29, 1.82) is 5.26 Å². The first-order valence-electron chi connectivity index (χ1n) is 15.5. The molecule has 0 atom stereocenters. The number of carbonyl (C=O) groups excluding carboxylic acids is 2. The second kappa shape index (κ2) is 14.9. The number of likely N-dealkylation sites (tertiary alicyclic amines) is 1. The minimum Gasteiger partial charge on any atom is -0.335 e. The first-order valence-corrected chi connectivity index (χ1v) is 17.0. The van der Waals surface area contributed by atoms with Gasteiger partial charge in [0.2, 0.25) is 10.0 Å². The molecule has 0 saturated carbocycles. The Hall–Kier alpha value is -3.95. The molecule has 11 heteroatoms. The van der Waals surface area contributed by atoms with Crippen LogP contribution < -0.4 is 4.72 Å². The molecule has 45 heavy (non-hydrogen) atoms. The summed E-state index contributed by atoms with van der Waals surface area (Å²) >= 11 is 0. The molecule has 2 fully saturated rings. The number of hydrogen-bond donors (Lipinski definition) is 1. The average molecular weight is 629 g/mol. The van der Waals surface area contributed by atoms with Crippen molar-refractivity contribution in [3.63, 3.8) is 0 Å². The third kappa shape index (κ3) is 8.61. The Kier molecular flexibility index (Phi) is 10.7. The Labute approximate surface area is 265 Å². The predicted octanol–water partition coefficient (Wildman–Crippen LogP) is 3.69. The molecule has 1 amide bonds. The first-order chi connectivity index (χ1) is 21.7. The van der Waals surface area contributed by atoms with Crippen molar-refractivity contribution >= 4 is 21.7 Å². The number of sulfonamides is 1. The highest BCUT2D eigenvalue weighted by Gasteiger charge is 2.25. The van der Waals surface area contributed by atoms with E-state index >= 15 is 0 Å². The number of nitrogens with zero attached hydrogens (tertiary/aromatic N) is 5. The maximum Gasteiger partial charge on any atom is 0.272 e. The van der Waals surface area contributed by atoms with Crippen LogP contribution in [0.3, 0.4) is 0 Å². The van der Waals surface area contributed by atoms with Crippen LogP contribution in [0.1, 0.15) is 63.7 Å². The van der Waals surface area contributed by atoms with E-state index in [9.17, 15) is 18.0 Å². The number of pyridine rings is 1. The summed E-state index contributed by atoms with van der Waals surface area (Å²) in [5.41, 5.74) is 3.75. The topological polar surface area (TPSA) is 127 Å². The number of nitrogens with one attached hydrogen (secondary N) is 1. The minimum atomic E-state index is -3.47. The lowest BCUT2D eigenvalue weighted by Crippen LogP contribution is -2.48. The van der Waals surface area contributed by atoms with Crippen LogP contribution in [-0.4, -0.2) is 85.6 Å². The molecule has 0 radical (unpaired) electrons. The molecule has 5 rings (SSSR count). The van der Waals surface area contributed by atoms with E-state index in [2.05, 4.69) is 25.6 Å². The van der Waals surface area contributed by atoms with Crippen LogP contribution in [0.2, 0.25) is 0 Å². The van der Waals surface area contributed by atoms with Gasteiger partial charge in [-0.2, -0.15) is 5.26 Å². The summed E-state index contributed by atoms with van der Waals surface area (Å²) < 4.78 is 26.8. The number of piperidine rings is 1. The number of Topliss-reactive ketones (excluding diaryl/α,β-unsaturated/α-hetero) is 1. The van der Waals surface area contributed by atoms with Crippen molar-refractivity contribution in [2.24, 2.45) is 5.92 Å². The highest BCUT2D eigenvalue weighted by Crippen LogP contribution is 2.24. The summed E-state index contributed by atoms with van der Waals surface area (Å²) in [6.07, 6.45) is 3.94. The number of aromatic nitrogens is 1. The van der Waals surface area contributed by atoms with Gasteiger partial charge in [-0.1, -0.05) is 31.2 Å². The lowest BCUT2D eigenvalue weighted by atomic mass is 9.90. The molecule has 3 aromatic rings. The van der Waals surface area contributed by atoms with Gasteiger partial charge in [0.15, 0.2) is 5.78 Å². The van der Waals surface area contributed by atoms with E-state index in [1.54, 1.807) is 36.1 Å². The van der Waals surface area contributed by atoms with Gasteiger partial charge >= 0.3 is 0 Å². The molecule has 1 N–H and O–H groups in total. The summed E-state index contributed by atoms with van der Waals surface area (Å²) in [5, 5.41) is 8.98. The largest absolute Gasteiger partial charge is 0.335 e. The highest BCUT2D eigenvalue weighted by molar-refractivity contribution is 7.89. The van der Waals surface area contributed by atoms with Crippen LogP contribution >= 0.6 is 0 Å². The number of piperazine rings is 1. The van der Waals surface area contributed by atoms with E-state index in [-0.39, 0.29) is 16.6 Å². The summed E-state index contributed by atoms with van der Waals surface area (Å²) in [6, 6.07) is 20.1. The third-order valence-electron chi connectivity index (χ3n) is 8.61. The fraction of sp³-hybridized carbons (Fsp3) is 0.412. The van der Waals surface area contributed by atoms with Crippen molar-refractivity contribution in [3.8, 4) is 6.07 Å². The lowest BCUT2D eigenvalue weighted by Gasteiger charge is -2.34. The summed E-state index contributed by atoms with van der Waals surface area (Å²) in [6.45, 7) is 8.02. The van der Waals surface area contributed by atoms with E-state index in [1.807, 2.05) is 36.4 Å². The van der Waals surface area contributed by atoms with Gasteiger partial charge < -0.3 is 4.90 Å². The third-order valence-corrected chi connectivity index (χ3v) is 10.2. The SMILES string of the molecule is CCNS(=O)(=O)c1ccc(CN2CCN(C(=O)c3ccc(C(=O)CC4CCN(Cc5ccc(C#N)cc5)CC4)cn3)CC2)cc1. The van der Waals surface area contributed by atoms with Crippen molar-refractivity contribution in [3.05, 3.63) is 94.8 Å². The number of nitriles is 1. The molecule has 0 spiro atoms. The average Bonchev–Trinajstić information content (AvgIpc) is 3.06. The molecule has 3 heterocycles. The Balaban J connectivity index is 1.04. The van der Waals surface area contributed by atoms with E-state index in [1.165, 1.54) is 11.8 Å². The molecule has 10 nitrogen and oxygen atoms in total. The van der Waals surface area contributed by atoms with Crippen LogP contribution in [-0.2, 0) is 23.1 Å². The van der Waals surface area contributed by atoms with Gasteiger partial charge in [-0.15, -0.1) is 0 Å². The molecule has 1 aromatic heterocycles. The van der Waals surface area contributed by atoms with E-state index < -0.39 is 10.0 Å². The maximum atomic E-state index is 13.1. The summed E-state index contributed by atoms with van der Waals surface area (Å²) in [7, 11) is -3.47. The Morgan fingerprint density at radius 1 is 0.867 bits per heavy atom. The molecule has 236 valence electrons. The zero-order valence-corrected chi connectivity index (χ0v) is 26.5. The van der Waals surface area contributed by atoms with Gasteiger partial charge in [-0.05, 0) is 79.4 Å². The zero-order valence-electron chi connectivity index (χ0n) is 25.7. The number of benzene rings is 2. The quantitative estimate of drug-likeness (QED) is 0.319. The fourth-order valence-electron chi connectivity index (χ4n) is 5.93. The molecule has 2 aliphatic heterocycles. The van der Waals surface area contributed by atoms with Crippen molar-refractivity contribution in [2.45, 2.75) is 44.2 Å². The van der Waals surface area contributed by atoms with Gasteiger partial charge in [0, 0.05) is 64.0 Å². The number of carbonyl (C=O) groups is 2. The highest BCUT2D eigenvalue weighted by atomic mass is 32.2. The number of ketones is 1. The lowest BCUT2D eigenvalue weighted by molar-refractivity contribution is 0.0622. The van der Waals surface area contributed by atoms with Gasteiger partial charge in [0.05, 0.1) is 16.5 Å². The normalized spacial score (nSPS) is 16.8. The van der Waals surface area contributed by atoms with Gasteiger partial charge in [0.1, 0.15) is 5.69 Å². The first kappa shape index (κ1) is 32.4. The Morgan fingerprint density at radius 3 is 2.02 bits per heavy atom. The van der Waals surface area contributed by atoms with Crippen molar-refractivity contribution < 1.29 is 18.0 Å². The monoisotopic (exact) mass is 628 g/mol. The van der Waals surface area contributed by atoms with Crippen LogP contribution in [0.25, 0.3) is 0 Å². The number of rotatable bonds is 11. The molecule has 0 bridgehead atoms. The molecule has 2 saturated heterocycles. The predicted molar refractivity (Wildman–Crippen MR) is 171 cm³/mol. The number of hydrogen-bond acceptors (Lipinski definition) is 8. The van der Waals surface area contributed by atoms with Crippen LogP contribution in [0, 0.1) is 17.2 Å². The van der Waals surface area contributed by atoms with Gasteiger partial charge in [-0.25, -0.2) is 13.1 Å². The Morgan fingerprint density at radius 2 is 1.47 bits per heavy atom. The zero-order chi connectivity index (χ0) is 31.8. The maximum absolute atomic E-state index is 13.1. The molecule has 2 aromatic carbocycles. The molecular weight excluding hydrogens is 588 g/mol. The van der Waals surface area contributed by atoms with Crippen molar-refractivity contribution in [1.82, 2.24) is 24.4 Å². The van der Waals surface area contributed by atoms with E-state index in [4.69, 9.17) is 5.26 Å². The Bertz CT molecular complexity index is 1600. The smallest absolute Gasteiger partial charge is 0.272 e. The number of amides is 1. The molecule has 0 aliphatic carbocycles. The van der Waals surface area contributed by atoms with Crippen LogP contribution in [0.5, 0.6) is 0 Å². The summed E-state index contributed by atoms with van der Waals surface area (Å²) in [5.74, 6) is 0.255. The minimum absolute atomic E-state index is 0.0629. The van der Waals surface area contributed by atoms with Crippen LogP contribution in [0.15, 0.2) is 71.8 Å². The standard InChI is InChI=1S/C34H40N6O4S/c1-2-37-45(43,44)31-10-7-29(8-11-31)25-39-17-19-40(20-18-39)34(42)32-12-9-30(23-36-32)33(41)21-26-13-15-38(16-14-26)24-28-5-3-27(22-35)4-6-28/h3-12,23,26,37H,2,13-21,24-25H2,1H3. The second-order valence-electron chi connectivity index (χ2n) is 11.8. The molecule has 0 unspecified atom stereocenters. The van der Waals surface area contributed by atoms with Crippen molar-refractivity contribution in [2.75, 3.05) is 45.8 Å². The fourth-order valence-corrected chi connectivity index (χ4v) is 6.97. The van der Waals surface area contributed by atoms with Crippen LogP contribution in [0.4, 0.5) is 0 Å². The molecular formula is C34H40N6O4S.